The Labute approximate surface area is 152 Å². The molecule has 0 amide bonds. The fraction of sp³-hybridized carbons (Fsp3) is 0.105. The summed E-state index contributed by atoms with van der Waals surface area (Å²) in [5.74, 6) is 1.21. The molecular formula is C19H16N4O4. The summed E-state index contributed by atoms with van der Waals surface area (Å²) in [4.78, 5) is 31.0. The van der Waals surface area contributed by atoms with Crippen molar-refractivity contribution in [2.24, 2.45) is 5.10 Å². The van der Waals surface area contributed by atoms with Gasteiger partial charge in [0.25, 0.3) is 0 Å². The maximum Gasteiger partial charge on any atom is 0.350 e. The number of hydrogen-bond acceptors (Lipinski definition) is 5. The number of para-hydroxylation sites is 1. The van der Waals surface area contributed by atoms with E-state index in [2.05, 4.69) is 15.1 Å². The molecule has 27 heavy (non-hydrogen) atoms. The van der Waals surface area contributed by atoms with Gasteiger partial charge in [0.2, 0.25) is 0 Å². The molecule has 8 nitrogen and oxygen atoms in total. The number of ether oxygens (including phenoxy) is 2. The van der Waals surface area contributed by atoms with Gasteiger partial charge in [-0.1, -0.05) is 12.1 Å². The van der Waals surface area contributed by atoms with E-state index >= 15 is 0 Å². The number of nitrogens with zero attached hydrogens (tertiary/aromatic N) is 2. The average Bonchev–Trinajstić information content (AvgIpc) is 3.06. The van der Waals surface area contributed by atoms with Crippen molar-refractivity contribution in [1.29, 1.82) is 0 Å². The monoisotopic (exact) mass is 364 g/mol. The SMILES string of the molecule is COc1ccc2[nH]c3c(=O)n(/N=C\c4ccccc4OC)c(=O)[nH]c3c2c1. The number of aromatic amines is 2. The van der Waals surface area contributed by atoms with Crippen LogP contribution in [0.4, 0.5) is 0 Å². The first-order chi connectivity index (χ1) is 13.1. The van der Waals surface area contributed by atoms with E-state index in [9.17, 15) is 9.59 Å². The van der Waals surface area contributed by atoms with E-state index in [1.54, 1.807) is 37.4 Å². The van der Waals surface area contributed by atoms with Crippen LogP contribution in [0, 0.1) is 0 Å². The maximum absolute atomic E-state index is 12.8. The Morgan fingerprint density at radius 3 is 2.59 bits per heavy atom. The first-order valence-corrected chi connectivity index (χ1v) is 8.14. The molecule has 2 aromatic heterocycles. The third kappa shape index (κ3) is 2.77. The molecule has 2 N–H and O–H groups in total. The average molecular weight is 364 g/mol. The molecule has 0 saturated heterocycles. The summed E-state index contributed by atoms with van der Waals surface area (Å²) in [6, 6.07) is 12.5. The van der Waals surface area contributed by atoms with Gasteiger partial charge < -0.3 is 19.4 Å². The number of fused-ring (bicyclic) bond motifs is 3. The minimum Gasteiger partial charge on any atom is -0.497 e. The van der Waals surface area contributed by atoms with Crippen molar-refractivity contribution in [3.05, 3.63) is 68.9 Å². The van der Waals surface area contributed by atoms with Crippen LogP contribution >= 0.6 is 0 Å². The normalized spacial score (nSPS) is 11.5. The smallest absolute Gasteiger partial charge is 0.350 e. The lowest BCUT2D eigenvalue weighted by atomic mass is 10.2. The second-order valence-corrected chi connectivity index (χ2v) is 5.82. The lowest BCUT2D eigenvalue weighted by Crippen LogP contribution is -2.32. The number of H-pyrrole nitrogens is 2. The Morgan fingerprint density at radius 2 is 1.81 bits per heavy atom. The van der Waals surface area contributed by atoms with Crippen LogP contribution in [0.25, 0.3) is 21.9 Å². The zero-order chi connectivity index (χ0) is 19.0. The summed E-state index contributed by atoms with van der Waals surface area (Å²) >= 11 is 0. The highest BCUT2D eigenvalue weighted by atomic mass is 16.5. The minimum absolute atomic E-state index is 0.259. The molecule has 0 radical (unpaired) electrons. The van der Waals surface area contributed by atoms with E-state index in [4.69, 9.17) is 9.47 Å². The Kier molecular flexibility index (Phi) is 4.00. The van der Waals surface area contributed by atoms with E-state index in [1.165, 1.54) is 13.3 Å². The minimum atomic E-state index is -0.637. The number of nitrogens with one attached hydrogen (secondary N) is 2. The van der Waals surface area contributed by atoms with E-state index in [-0.39, 0.29) is 5.52 Å². The van der Waals surface area contributed by atoms with Crippen molar-refractivity contribution in [1.82, 2.24) is 14.6 Å². The molecule has 0 aliphatic rings. The van der Waals surface area contributed by atoms with Crippen LogP contribution in [0.1, 0.15) is 5.56 Å². The van der Waals surface area contributed by atoms with Gasteiger partial charge in [-0.3, -0.25) is 4.79 Å². The Morgan fingerprint density at radius 1 is 1.00 bits per heavy atom. The highest BCUT2D eigenvalue weighted by Crippen LogP contribution is 2.25. The molecule has 0 aliphatic carbocycles. The zero-order valence-corrected chi connectivity index (χ0v) is 14.6. The van der Waals surface area contributed by atoms with Crippen molar-refractivity contribution in [3.8, 4) is 11.5 Å². The van der Waals surface area contributed by atoms with Crippen LogP contribution in [0.15, 0.2) is 57.2 Å². The van der Waals surface area contributed by atoms with Crippen molar-refractivity contribution in [2.75, 3.05) is 14.2 Å². The second-order valence-electron chi connectivity index (χ2n) is 5.82. The standard InChI is InChI=1S/C19H16N4O4/c1-26-12-7-8-14-13(9-12)16-17(21-14)18(24)23(19(25)22-16)20-10-11-5-3-4-6-15(11)27-2/h3-10,21H,1-2H3,(H,22,25)/b20-10-. The molecular weight excluding hydrogens is 348 g/mol. The van der Waals surface area contributed by atoms with Crippen molar-refractivity contribution in [2.45, 2.75) is 0 Å². The maximum atomic E-state index is 12.8. The number of aromatic nitrogens is 3. The largest absolute Gasteiger partial charge is 0.497 e. The highest BCUT2D eigenvalue weighted by molar-refractivity contribution is 6.04. The summed E-state index contributed by atoms with van der Waals surface area (Å²) in [6.07, 6.45) is 1.41. The molecule has 0 fully saturated rings. The summed E-state index contributed by atoms with van der Waals surface area (Å²) in [6.45, 7) is 0. The van der Waals surface area contributed by atoms with Crippen LogP contribution in [0.2, 0.25) is 0 Å². The van der Waals surface area contributed by atoms with Crippen LogP contribution in [-0.4, -0.2) is 35.1 Å². The van der Waals surface area contributed by atoms with Crippen LogP contribution in [0.5, 0.6) is 11.5 Å². The first-order valence-electron chi connectivity index (χ1n) is 8.14. The molecule has 0 bridgehead atoms. The van der Waals surface area contributed by atoms with Gasteiger partial charge in [-0.05, 0) is 30.3 Å². The quantitative estimate of drug-likeness (QED) is 0.541. The lowest BCUT2D eigenvalue weighted by Gasteiger charge is -2.03. The summed E-state index contributed by atoms with van der Waals surface area (Å²) in [7, 11) is 3.09. The fourth-order valence-corrected chi connectivity index (χ4v) is 2.94. The van der Waals surface area contributed by atoms with Gasteiger partial charge in [0.15, 0.2) is 0 Å². The lowest BCUT2D eigenvalue weighted by molar-refractivity contribution is 0.414. The second kappa shape index (κ2) is 6.49. The molecule has 4 aromatic rings. The van der Waals surface area contributed by atoms with E-state index in [0.29, 0.717) is 33.5 Å². The first kappa shape index (κ1) is 16.6. The van der Waals surface area contributed by atoms with Gasteiger partial charge in [-0.15, -0.1) is 4.68 Å². The van der Waals surface area contributed by atoms with Crippen LogP contribution < -0.4 is 20.7 Å². The van der Waals surface area contributed by atoms with Gasteiger partial charge in [-0.2, -0.15) is 5.10 Å². The van der Waals surface area contributed by atoms with Gasteiger partial charge in [0, 0.05) is 16.5 Å². The molecule has 136 valence electrons. The molecule has 2 heterocycles. The Hall–Kier alpha value is -3.81. The number of benzene rings is 2. The predicted molar refractivity (Wildman–Crippen MR) is 103 cm³/mol. The Bertz CT molecular complexity index is 1300. The van der Waals surface area contributed by atoms with Crippen molar-refractivity contribution in [3.63, 3.8) is 0 Å². The third-order valence-corrected chi connectivity index (χ3v) is 4.29. The molecule has 0 saturated carbocycles. The van der Waals surface area contributed by atoms with E-state index in [1.807, 2.05) is 12.1 Å². The summed E-state index contributed by atoms with van der Waals surface area (Å²) in [5.41, 5.74) is 0.855. The highest BCUT2D eigenvalue weighted by Gasteiger charge is 2.13. The zero-order valence-electron chi connectivity index (χ0n) is 14.6. The predicted octanol–water partition coefficient (Wildman–Crippen LogP) is 2.07. The number of methoxy groups -OCH3 is 2. The number of hydrogen-bond donors (Lipinski definition) is 2. The van der Waals surface area contributed by atoms with E-state index in [0.717, 1.165) is 4.68 Å². The molecule has 0 aliphatic heterocycles. The molecule has 0 atom stereocenters. The van der Waals surface area contributed by atoms with Crippen molar-refractivity contribution < 1.29 is 9.47 Å². The molecule has 4 rings (SSSR count). The van der Waals surface area contributed by atoms with Crippen molar-refractivity contribution >= 4 is 28.2 Å². The van der Waals surface area contributed by atoms with Gasteiger partial charge in [-0.25, -0.2) is 4.79 Å². The molecule has 8 heteroatoms. The summed E-state index contributed by atoms with van der Waals surface area (Å²) in [5, 5.41) is 4.74. The fourth-order valence-electron chi connectivity index (χ4n) is 2.94. The van der Waals surface area contributed by atoms with Gasteiger partial charge in [0.1, 0.15) is 17.0 Å². The number of rotatable bonds is 4. The molecule has 0 unspecified atom stereocenters. The molecule has 2 aromatic carbocycles. The Balaban J connectivity index is 1.90. The van der Waals surface area contributed by atoms with Crippen LogP contribution in [0.3, 0.4) is 0 Å². The van der Waals surface area contributed by atoms with Gasteiger partial charge >= 0.3 is 11.2 Å². The topological polar surface area (TPSA) is 101 Å². The van der Waals surface area contributed by atoms with Gasteiger partial charge in [0.05, 0.1) is 26.0 Å². The molecule has 0 spiro atoms. The van der Waals surface area contributed by atoms with Crippen LogP contribution in [-0.2, 0) is 0 Å². The summed E-state index contributed by atoms with van der Waals surface area (Å²) < 4.78 is 11.2. The van der Waals surface area contributed by atoms with E-state index < -0.39 is 11.2 Å². The third-order valence-electron chi connectivity index (χ3n) is 4.29.